The molecule has 1 heterocycles. The van der Waals surface area contributed by atoms with Crippen molar-refractivity contribution in [3.63, 3.8) is 0 Å². The average molecular weight is 457 g/mol. The highest BCUT2D eigenvalue weighted by molar-refractivity contribution is 14.0. The zero-order valence-electron chi connectivity index (χ0n) is 15.3. The summed E-state index contributed by atoms with van der Waals surface area (Å²) in [6, 6.07) is 12.1. The summed E-state index contributed by atoms with van der Waals surface area (Å²) in [5.41, 5.74) is 1.17. The summed E-state index contributed by atoms with van der Waals surface area (Å²) in [5.74, 6) is 3.03. The predicted octanol–water partition coefficient (Wildman–Crippen LogP) is 4.36. The molecule has 0 saturated heterocycles. The van der Waals surface area contributed by atoms with Crippen LogP contribution in [0.3, 0.4) is 0 Å². The van der Waals surface area contributed by atoms with E-state index in [4.69, 9.17) is 9.15 Å². The molecule has 0 spiro atoms. The van der Waals surface area contributed by atoms with E-state index in [9.17, 15) is 0 Å². The Morgan fingerprint density at radius 2 is 1.88 bits per heavy atom. The van der Waals surface area contributed by atoms with Gasteiger partial charge in [0.15, 0.2) is 5.96 Å². The van der Waals surface area contributed by atoms with Crippen LogP contribution >= 0.6 is 24.0 Å². The summed E-state index contributed by atoms with van der Waals surface area (Å²) in [6.45, 7) is 7.71. The van der Waals surface area contributed by atoms with E-state index in [2.05, 4.69) is 48.5 Å². The fraction of sp³-hybridized carbons (Fsp3) is 0.421. The Morgan fingerprint density at radius 1 is 1.16 bits per heavy atom. The molecule has 2 rings (SSSR count). The van der Waals surface area contributed by atoms with E-state index in [0.717, 1.165) is 24.1 Å². The van der Waals surface area contributed by atoms with Gasteiger partial charge in [-0.3, -0.25) is 4.99 Å². The van der Waals surface area contributed by atoms with Crippen LogP contribution in [0, 0.1) is 5.92 Å². The number of nitrogens with zero attached hydrogens (tertiary/aromatic N) is 1. The lowest BCUT2D eigenvalue weighted by atomic mass is 10.1. The lowest BCUT2D eigenvalue weighted by molar-refractivity contribution is 0.271. The molecule has 5 nitrogen and oxygen atoms in total. The van der Waals surface area contributed by atoms with Crippen molar-refractivity contribution in [1.82, 2.24) is 10.6 Å². The first-order valence-corrected chi connectivity index (χ1v) is 8.30. The number of nitrogens with one attached hydrogen (secondary N) is 2. The number of furan rings is 1. The lowest BCUT2D eigenvalue weighted by Gasteiger charge is -2.18. The molecule has 0 aliphatic carbocycles. The molecule has 0 fully saturated rings. The van der Waals surface area contributed by atoms with Crippen molar-refractivity contribution in [1.29, 1.82) is 0 Å². The Bertz CT molecular complexity index is 625. The van der Waals surface area contributed by atoms with Crippen LogP contribution in [0.2, 0.25) is 0 Å². The van der Waals surface area contributed by atoms with E-state index in [-0.39, 0.29) is 30.0 Å². The van der Waals surface area contributed by atoms with Crippen molar-refractivity contribution in [3.8, 4) is 5.75 Å². The maximum Gasteiger partial charge on any atom is 0.191 e. The molecule has 25 heavy (non-hydrogen) atoms. The summed E-state index contributed by atoms with van der Waals surface area (Å²) in [7, 11) is 1.76. The van der Waals surface area contributed by atoms with Gasteiger partial charge in [0.05, 0.1) is 25.5 Å². The van der Waals surface area contributed by atoms with E-state index in [0.29, 0.717) is 12.5 Å². The maximum absolute atomic E-state index is 5.72. The fourth-order valence-corrected chi connectivity index (χ4v) is 2.18. The van der Waals surface area contributed by atoms with Crippen LogP contribution in [-0.2, 0) is 6.54 Å². The summed E-state index contributed by atoms with van der Waals surface area (Å²) in [6.07, 6.45) is 1.67. The Morgan fingerprint density at radius 3 is 2.44 bits per heavy atom. The molecule has 1 aromatic carbocycles. The Balaban J connectivity index is 0.00000312. The third-order valence-electron chi connectivity index (χ3n) is 3.55. The highest BCUT2D eigenvalue weighted by Crippen LogP contribution is 2.18. The number of guanidine groups is 1. The number of aliphatic imine (C=N–C) groups is 1. The Hall–Kier alpha value is -1.70. The molecule has 0 amide bonds. The van der Waals surface area contributed by atoms with Gasteiger partial charge in [0.25, 0.3) is 0 Å². The number of benzene rings is 1. The predicted molar refractivity (Wildman–Crippen MR) is 113 cm³/mol. The van der Waals surface area contributed by atoms with Gasteiger partial charge in [0.2, 0.25) is 0 Å². The van der Waals surface area contributed by atoms with Gasteiger partial charge >= 0.3 is 0 Å². The maximum atomic E-state index is 5.72. The molecule has 0 aliphatic rings. The molecule has 2 N–H and O–H groups in total. The van der Waals surface area contributed by atoms with E-state index >= 15 is 0 Å². The summed E-state index contributed by atoms with van der Waals surface area (Å²) >= 11 is 0. The molecular weight excluding hydrogens is 429 g/mol. The lowest BCUT2D eigenvalue weighted by Crippen LogP contribution is -2.38. The van der Waals surface area contributed by atoms with E-state index in [1.54, 1.807) is 13.3 Å². The molecule has 6 heteroatoms. The van der Waals surface area contributed by atoms with Gasteiger partial charge in [-0.05, 0) is 42.7 Å². The van der Waals surface area contributed by atoms with Gasteiger partial charge in [-0.2, -0.15) is 0 Å². The largest absolute Gasteiger partial charge is 0.493 e. The third kappa shape index (κ3) is 7.37. The number of rotatable bonds is 7. The zero-order valence-corrected chi connectivity index (χ0v) is 17.6. The van der Waals surface area contributed by atoms with Gasteiger partial charge in [0.1, 0.15) is 11.5 Å². The first-order chi connectivity index (χ1) is 11.6. The molecule has 1 unspecified atom stereocenters. The van der Waals surface area contributed by atoms with Gasteiger partial charge in [-0.1, -0.05) is 26.0 Å². The number of ether oxygens (including phenoxy) is 1. The fourth-order valence-electron chi connectivity index (χ4n) is 2.18. The van der Waals surface area contributed by atoms with Crippen molar-refractivity contribution in [3.05, 3.63) is 54.0 Å². The number of halogens is 1. The Kier molecular flexibility index (Phi) is 9.41. The van der Waals surface area contributed by atoms with Crippen LogP contribution in [0.25, 0.3) is 0 Å². The van der Waals surface area contributed by atoms with Crippen molar-refractivity contribution < 1.29 is 9.15 Å². The van der Waals surface area contributed by atoms with Crippen LogP contribution in [0.4, 0.5) is 0 Å². The van der Waals surface area contributed by atoms with E-state index in [1.165, 1.54) is 5.56 Å². The van der Waals surface area contributed by atoms with Gasteiger partial charge in [-0.25, -0.2) is 0 Å². The monoisotopic (exact) mass is 457 g/mol. The van der Waals surface area contributed by atoms with Crippen molar-refractivity contribution in [2.75, 3.05) is 13.7 Å². The topological polar surface area (TPSA) is 58.8 Å². The quantitative estimate of drug-likeness (QED) is 0.369. The zero-order chi connectivity index (χ0) is 17.4. The van der Waals surface area contributed by atoms with Crippen LogP contribution in [0.1, 0.15) is 38.1 Å². The molecule has 2 aromatic rings. The van der Waals surface area contributed by atoms with Gasteiger partial charge in [0, 0.05) is 7.05 Å². The smallest absolute Gasteiger partial charge is 0.191 e. The summed E-state index contributed by atoms with van der Waals surface area (Å²) < 4.78 is 11.0. The normalized spacial score (nSPS) is 12.4. The van der Waals surface area contributed by atoms with Crippen LogP contribution in [-0.4, -0.2) is 19.6 Å². The summed E-state index contributed by atoms with van der Waals surface area (Å²) in [4.78, 5) is 4.25. The van der Waals surface area contributed by atoms with Crippen molar-refractivity contribution >= 4 is 29.9 Å². The molecule has 0 radical (unpaired) electrons. The van der Waals surface area contributed by atoms with E-state index < -0.39 is 0 Å². The molecule has 1 atom stereocenters. The molecule has 0 aliphatic heterocycles. The second-order valence-electron chi connectivity index (χ2n) is 6.15. The third-order valence-corrected chi connectivity index (χ3v) is 3.55. The van der Waals surface area contributed by atoms with Crippen molar-refractivity contribution in [2.24, 2.45) is 10.9 Å². The molecule has 0 saturated carbocycles. The minimum absolute atomic E-state index is 0. The van der Waals surface area contributed by atoms with Gasteiger partial charge < -0.3 is 19.8 Å². The van der Waals surface area contributed by atoms with Gasteiger partial charge in [-0.15, -0.1) is 24.0 Å². The molecule has 0 bridgehead atoms. The standard InChI is InChI=1S/C19H27N3O2.HI/c1-14(2)13-24-17-9-7-16(8-10-17)15(3)22-19(20-4)21-12-18-6-5-11-23-18;/h5-11,14-15H,12-13H2,1-4H3,(H2,20,21,22);1H. The second-order valence-corrected chi connectivity index (χ2v) is 6.15. The van der Waals surface area contributed by atoms with Crippen LogP contribution in [0.15, 0.2) is 52.1 Å². The Labute approximate surface area is 167 Å². The first-order valence-electron chi connectivity index (χ1n) is 8.30. The minimum Gasteiger partial charge on any atom is -0.493 e. The van der Waals surface area contributed by atoms with Crippen molar-refractivity contribution in [2.45, 2.75) is 33.4 Å². The van der Waals surface area contributed by atoms with Crippen LogP contribution in [0.5, 0.6) is 5.75 Å². The SMILES string of the molecule is CN=C(NCc1ccco1)NC(C)c1ccc(OCC(C)C)cc1.I. The van der Waals surface area contributed by atoms with E-state index in [1.807, 2.05) is 24.3 Å². The highest BCUT2D eigenvalue weighted by Gasteiger charge is 2.08. The highest BCUT2D eigenvalue weighted by atomic mass is 127. The van der Waals surface area contributed by atoms with Crippen LogP contribution < -0.4 is 15.4 Å². The minimum atomic E-state index is 0. The molecular formula is C19H28IN3O2. The second kappa shape index (κ2) is 11.0. The average Bonchev–Trinajstić information content (AvgIpc) is 3.10. The molecule has 1 aromatic heterocycles. The number of hydrogen-bond acceptors (Lipinski definition) is 3. The molecule has 138 valence electrons. The first kappa shape index (κ1) is 21.3. The number of hydrogen-bond donors (Lipinski definition) is 2. The summed E-state index contributed by atoms with van der Waals surface area (Å²) in [5, 5.41) is 6.61.